The van der Waals surface area contributed by atoms with Gasteiger partial charge in [-0.2, -0.15) is 8.42 Å². The third-order valence-electron chi connectivity index (χ3n) is 1.36. The van der Waals surface area contributed by atoms with Crippen LogP contribution in [0.1, 0.15) is 0 Å². The molecule has 1 aliphatic rings. The maximum atomic E-state index is 10.7. The van der Waals surface area contributed by atoms with Crippen LogP contribution in [-0.2, 0) is 14.9 Å². The Bertz CT molecular complexity index is 272. The first kappa shape index (κ1) is 8.44. The highest BCUT2D eigenvalue weighted by atomic mass is 32.2. The number of carbonyl (C=O) groups excluding carboxylic acids is 1. The Balaban J connectivity index is 2.50. The second kappa shape index (κ2) is 2.43. The molecule has 0 aromatic carbocycles. The van der Waals surface area contributed by atoms with E-state index in [0.717, 1.165) is 4.90 Å². The van der Waals surface area contributed by atoms with Gasteiger partial charge in [-0.15, -0.1) is 0 Å². The molecule has 1 atom stereocenters. The van der Waals surface area contributed by atoms with Crippen molar-refractivity contribution in [1.29, 1.82) is 0 Å². The number of likely N-dealkylation sites (tertiary alicyclic amines) is 1. The maximum absolute atomic E-state index is 10.7. The number of hydrogen-bond donors (Lipinski definition) is 2. The summed E-state index contributed by atoms with van der Waals surface area (Å²) in [6, 6.07) is -0.600. The summed E-state index contributed by atoms with van der Waals surface area (Å²) < 4.78 is 28.7. The molecule has 1 heterocycles. The van der Waals surface area contributed by atoms with Crippen molar-refractivity contribution < 1.29 is 17.8 Å². The molecule has 0 aliphatic carbocycles. The van der Waals surface area contributed by atoms with Crippen LogP contribution in [0.15, 0.2) is 0 Å². The van der Waals surface area contributed by atoms with E-state index in [1.54, 1.807) is 0 Å². The fourth-order valence-corrected chi connectivity index (χ4v) is 1.47. The lowest BCUT2D eigenvalue weighted by Gasteiger charge is -2.34. The van der Waals surface area contributed by atoms with Gasteiger partial charge in [-0.25, -0.2) is 0 Å². The smallest absolute Gasteiger partial charge is 0.283 e. The Kier molecular flexibility index (Phi) is 1.87. The van der Waals surface area contributed by atoms with Gasteiger partial charge in [-0.3, -0.25) is 9.35 Å². The molecule has 6 nitrogen and oxygen atoms in total. The summed E-state index contributed by atoms with van der Waals surface area (Å²) in [6.07, 6.45) is 0. The Morgan fingerprint density at radius 2 is 2.27 bits per heavy atom. The van der Waals surface area contributed by atoms with Gasteiger partial charge in [-0.1, -0.05) is 0 Å². The van der Waals surface area contributed by atoms with Crippen molar-refractivity contribution in [3.63, 3.8) is 0 Å². The largest absolute Gasteiger partial charge is 0.322 e. The van der Waals surface area contributed by atoms with E-state index in [9.17, 15) is 13.2 Å². The molecule has 11 heavy (non-hydrogen) atoms. The zero-order chi connectivity index (χ0) is 8.65. The number of rotatable bonds is 2. The summed E-state index contributed by atoms with van der Waals surface area (Å²) in [6.45, 7) is 0.193. The third kappa shape index (κ3) is 1.88. The minimum Gasteiger partial charge on any atom is -0.322 e. The van der Waals surface area contributed by atoms with E-state index in [4.69, 9.17) is 10.3 Å². The lowest BCUT2D eigenvalue weighted by molar-refractivity contribution is -0.140. The van der Waals surface area contributed by atoms with Gasteiger partial charge in [0.25, 0.3) is 10.1 Å². The highest BCUT2D eigenvalue weighted by Gasteiger charge is 2.35. The minimum absolute atomic E-state index is 0.193. The standard InChI is InChI=1S/C4H8N2O4S/c5-3-1-6(4(3)7)2-11(8,9)10/h3H,1-2,5H2,(H,8,9,10). The Hall–Kier alpha value is -0.660. The first-order valence-corrected chi connectivity index (χ1v) is 4.50. The summed E-state index contributed by atoms with van der Waals surface area (Å²) in [4.78, 5) is 11.6. The Morgan fingerprint density at radius 3 is 2.55 bits per heavy atom. The van der Waals surface area contributed by atoms with Crippen LogP contribution >= 0.6 is 0 Å². The average molecular weight is 180 g/mol. The van der Waals surface area contributed by atoms with E-state index in [-0.39, 0.29) is 6.54 Å². The number of carbonyl (C=O) groups is 1. The van der Waals surface area contributed by atoms with Crippen LogP contribution in [0, 0.1) is 0 Å². The van der Waals surface area contributed by atoms with Crippen LogP contribution in [0.25, 0.3) is 0 Å². The fraction of sp³-hybridized carbons (Fsp3) is 0.750. The summed E-state index contributed by atoms with van der Waals surface area (Å²) in [5.41, 5.74) is 5.16. The van der Waals surface area contributed by atoms with Gasteiger partial charge in [-0.05, 0) is 0 Å². The van der Waals surface area contributed by atoms with Crippen molar-refractivity contribution >= 4 is 16.0 Å². The van der Waals surface area contributed by atoms with Crippen LogP contribution in [0.3, 0.4) is 0 Å². The van der Waals surface area contributed by atoms with Gasteiger partial charge in [0.15, 0.2) is 0 Å². The molecule has 1 rings (SSSR count). The van der Waals surface area contributed by atoms with E-state index in [0.29, 0.717) is 0 Å². The molecule has 7 heteroatoms. The summed E-state index contributed by atoms with van der Waals surface area (Å²) in [5, 5.41) is 0. The molecule has 3 N–H and O–H groups in total. The summed E-state index contributed by atoms with van der Waals surface area (Å²) in [5.74, 6) is -1.10. The topological polar surface area (TPSA) is 101 Å². The van der Waals surface area contributed by atoms with Crippen molar-refractivity contribution in [2.75, 3.05) is 12.4 Å². The minimum atomic E-state index is -4.09. The normalized spacial score (nSPS) is 25.1. The first-order chi connectivity index (χ1) is 4.90. The molecule has 0 aromatic heterocycles. The molecule has 0 bridgehead atoms. The van der Waals surface area contributed by atoms with Gasteiger partial charge in [0.1, 0.15) is 11.9 Å². The fourth-order valence-electron chi connectivity index (χ4n) is 0.841. The van der Waals surface area contributed by atoms with E-state index in [1.165, 1.54) is 0 Å². The molecule has 1 amide bonds. The van der Waals surface area contributed by atoms with E-state index >= 15 is 0 Å². The summed E-state index contributed by atoms with van der Waals surface area (Å²) in [7, 11) is -4.09. The number of nitrogens with two attached hydrogens (primary N) is 1. The molecule has 0 saturated carbocycles. The van der Waals surface area contributed by atoms with Gasteiger partial charge < -0.3 is 10.6 Å². The quantitative estimate of drug-likeness (QED) is 0.378. The third-order valence-corrected chi connectivity index (χ3v) is 2.00. The molecule has 1 fully saturated rings. The van der Waals surface area contributed by atoms with Crippen LogP contribution in [0.4, 0.5) is 0 Å². The lowest BCUT2D eigenvalue weighted by atomic mass is 10.1. The molecule has 1 unspecified atom stereocenters. The number of β-lactam (4-membered cyclic amide) rings is 1. The first-order valence-electron chi connectivity index (χ1n) is 2.90. The molecule has 1 aliphatic heterocycles. The van der Waals surface area contributed by atoms with Crippen molar-refractivity contribution in [1.82, 2.24) is 4.90 Å². The highest BCUT2D eigenvalue weighted by molar-refractivity contribution is 7.85. The van der Waals surface area contributed by atoms with E-state index in [2.05, 4.69) is 0 Å². The molecular weight excluding hydrogens is 172 g/mol. The SMILES string of the molecule is NC1CN(CS(=O)(=O)O)C1=O. The zero-order valence-corrected chi connectivity index (χ0v) is 6.41. The Morgan fingerprint density at radius 1 is 1.73 bits per heavy atom. The second-order valence-electron chi connectivity index (χ2n) is 2.38. The summed E-state index contributed by atoms with van der Waals surface area (Å²) >= 11 is 0. The number of nitrogens with zero attached hydrogens (tertiary/aromatic N) is 1. The molecule has 64 valence electrons. The molecule has 0 aromatic rings. The van der Waals surface area contributed by atoms with Gasteiger partial charge >= 0.3 is 0 Å². The van der Waals surface area contributed by atoms with Crippen molar-refractivity contribution in [2.45, 2.75) is 6.04 Å². The van der Waals surface area contributed by atoms with Gasteiger partial charge in [0.2, 0.25) is 5.91 Å². The van der Waals surface area contributed by atoms with Gasteiger partial charge in [0, 0.05) is 6.54 Å². The van der Waals surface area contributed by atoms with Crippen LogP contribution < -0.4 is 5.73 Å². The maximum Gasteiger partial charge on any atom is 0.283 e. The monoisotopic (exact) mass is 180 g/mol. The van der Waals surface area contributed by atoms with Crippen LogP contribution in [0.5, 0.6) is 0 Å². The van der Waals surface area contributed by atoms with Crippen molar-refractivity contribution in [3.05, 3.63) is 0 Å². The average Bonchev–Trinajstić information content (AvgIpc) is 1.84. The van der Waals surface area contributed by atoms with E-state index in [1.807, 2.05) is 0 Å². The van der Waals surface area contributed by atoms with Crippen LogP contribution in [0.2, 0.25) is 0 Å². The number of hydrogen-bond acceptors (Lipinski definition) is 4. The zero-order valence-electron chi connectivity index (χ0n) is 5.60. The predicted molar refractivity (Wildman–Crippen MR) is 36.1 cm³/mol. The molecular formula is C4H8N2O4S. The highest BCUT2D eigenvalue weighted by Crippen LogP contribution is 2.08. The van der Waals surface area contributed by atoms with Crippen molar-refractivity contribution in [3.8, 4) is 0 Å². The van der Waals surface area contributed by atoms with E-state index < -0.39 is 27.9 Å². The Labute approximate surface area is 63.7 Å². The number of amides is 1. The molecule has 0 spiro atoms. The van der Waals surface area contributed by atoms with Crippen LogP contribution in [-0.4, -0.2) is 42.2 Å². The second-order valence-corrected chi connectivity index (χ2v) is 3.80. The molecule has 1 saturated heterocycles. The van der Waals surface area contributed by atoms with Gasteiger partial charge in [0.05, 0.1) is 0 Å². The van der Waals surface area contributed by atoms with Crippen molar-refractivity contribution in [2.24, 2.45) is 5.73 Å². The lowest BCUT2D eigenvalue weighted by Crippen LogP contribution is -2.61. The predicted octanol–water partition coefficient (Wildman–Crippen LogP) is -2.00. The molecule has 0 radical (unpaired) electrons.